The van der Waals surface area contributed by atoms with Crippen molar-refractivity contribution in [2.45, 2.75) is 13.1 Å². The van der Waals surface area contributed by atoms with Gasteiger partial charge in [0, 0.05) is 17.6 Å². The molecule has 3 aromatic heterocycles. The molecule has 0 bridgehead atoms. The maximum Gasteiger partial charge on any atom is 0.418 e. The van der Waals surface area contributed by atoms with Gasteiger partial charge in [-0.15, -0.1) is 0 Å². The Labute approximate surface area is 138 Å². The number of pyridine rings is 1. The van der Waals surface area contributed by atoms with Crippen LogP contribution in [-0.2, 0) is 6.18 Å². The third-order valence-electron chi connectivity index (χ3n) is 3.90. The number of hydrogen-bond acceptors (Lipinski definition) is 4. The van der Waals surface area contributed by atoms with Crippen LogP contribution in [0.25, 0.3) is 27.5 Å². The van der Waals surface area contributed by atoms with E-state index in [4.69, 9.17) is 4.42 Å². The molecule has 8 heteroatoms. The summed E-state index contributed by atoms with van der Waals surface area (Å²) in [6.45, 7) is 1.62. The van der Waals surface area contributed by atoms with Crippen molar-refractivity contribution >= 4 is 21.8 Å². The van der Waals surface area contributed by atoms with Gasteiger partial charge < -0.3 is 4.42 Å². The fraction of sp³-hybridized carbons (Fsp3) is 0.118. The zero-order valence-corrected chi connectivity index (χ0v) is 12.8. The Balaban J connectivity index is 2.08. The summed E-state index contributed by atoms with van der Waals surface area (Å²) in [5.74, 6) is 0.383. The molecule has 0 aliphatic heterocycles. The quantitative estimate of drug-likeness (QED) is 0.526. The third-order valence-corrected chi connectivity index (χ3v) is 3.90. The normalized spacial score (nSPS) is 12.2. The van der Waals surface area contributed by atoms with E-state index in [1.54, 1.807) is 25.1 Å². The molecule has 4 aromatic rings. The van der Waals surface area contributed by atoms with E-state index in [1.807, 2.05) is 0 Å². The van der Waals surface area contributed by atoms with Gasteiger partial charge >= 0.3 is 11.8 Å². The lowest BCUT2D eigenvalue weighted by molar-refractivity contribution is -0.136. The van der Waals surface area contributed by atoms with Gasteiger partial charge in [0.05, 0.1) is 28.5 Å². The first-order valence-electron chi connectivity index (χ1n) is 7.30. The van der Waals surface area contributed by atoms with Crippen molar-refractivity contribution in [2.75, 3.05) is 0 Å². The lowest BCUT2D eigenvalue weighted by Gasteiger charge is -2.12. The Kier molecular flexibility index (Phi) is 3.18. The van der Waals surface area contributed by atoms with Crippen LogP contribution in [0.4, 0.5) is 13.2 Å². The van der Waals surface area contributed by atoms with Crippen LogP contribution < -0.4 is 5.63 Å². The molecule has 0 amide bonds. The molecule has 0 aliphatic carbocycles. The molecule has 1 aromatic carbocycles. The van der Waals surface area contributed by atoms with Crippen molar-refractivity contribution in [3.63, 3.8) is 0 Å². The molecule has 5 nitrogen and oxygen atoms in total. The van der Waals surface area contributed by atoms with Gasteiger partial charge in [0.15, 0.2) is 0 Å². The Morgan fingerprint density at radius 2 is 1.96 bits per heavy atom. The predicted octanol–water partition coefficient (Wildman–Crippen LogP) is 3.85. The lowest BCUT2D eigenvalue weighted by Crippen LogP contribution is -2.08. The van der Waals surface area contributed by atoms with Crippen molar-refractivity contribution in [2.24, 2.45) is 0 Å². The number of para-hydroxylation sites is 1. The fourth-order valence-electron chi connectivity index (χ4n) is 2.84. The van der Waals surface area contributed by atoms with Gasteiger partial charge in [-0.2, -0.15) is 18.3 Å². The summed E-state index contributed by atoms with van der Waals surface area (Å²) in [5.41, 5.74) is -0.680. The highest BCUT2D eigenvalue weighted by atomic mass is 19.4. The van der Waals surface area contributed by atoms with Gasteiger partial charge in [0.1, 0.15) is 11.1 Å². The van der Waals surface area contributed by atoms with Crippen molar-refractivity contribution in [1.82, 2.24) is 14.8 Å². The SMILES string of the molecule is Cc1cc2c(cnn2-c2ccnc3c(C(F)(F)F)cccc23)c(=O)o1. The summed E-state index contributed by atoms with van der Waals surface area (Å²) in [6, 6.07) is 7.02. The molecule has 0 saturated carbocycles. The minimum absolute atomic E-state index is 0.171. The van der Waals surface area contributed by atoms with Crippen LogP contribution in [0.5, 0.6) is 0 Å². The van der Waals surface area contributed by atoms with Crippen LogP contribution in [0, 0.1) is 6.92 Å². The second-order valence-electron chi connectivity index (χ2n) is 5.53. The molecule has 0 unspecified atom stereocenters. The van der Waals surface area contributed by atoms with E-state index < -0.39 is 17.4 Å². The smallest absolute Gasteiger partial charge is 0.418 e. The molecule has 25 heavy (non-hydrogen) atoms. The van der Waals surface area contributed by atoms with Crippen molar-refractivity contribution in [3.05, 3.63) is 64.5 Å². The van der Waals surface area contributed by atoms with Crippen LogP contribution in [0.2, 0.25) is 0 Å². The van der Waals surface area contributed by atoms with Crippen LogP contribution in [-0.4, -0.2) is 14.8 Å². The maximum atomic E-state index is 13.2. The summed E-state index contributed by atoms with van der Waals surface area (Å²) in [6.07, 6.45) is -1.89. The average Bonchev–Trinajstić information content (AvgIpc) is 2.96. The standard InChI is InChI=1S/C17H10F3N3O2/c1-9-7-14-11(16(24)25-9)8-22-23(14)13-5-6-21-15-10(13)3-2-4-12(15)17(18,19)20/h2-8H,1H3. The van der Waals surface area contributed by atoms with E-state index in [0.717, 1.165) is 6.07 Å². The monoisotopic (exact) mass is 345 g/mol. The van der Waals surface area contributed by atoms with Crippen molar-refractivity contribution < 1.29 is 17.6 Å². The molecule has 0 N–H and O–H groups in total. The first kappa shape index (κ1) is 15.4. The minimum atomic E-state index is -4.52. The molecule has 4 rings (SSSR count). The molecule has 0 aliphatic rings. The van der Waals surface area contributed by atoms with Gasteiger partial charge in [-0.05, 0) is 19.1 Å². The first-order chi connectivity index (χ1) is 11.9. The third kappa shape index (κ3) is 2.37. The molecule has 0 radical (unpaired) electrons. The largest absolute Gasteiger partial charge is 0.428 e. The Morgan fingerprint density at radius 3 is 2.72 bits per heavy atom. The van der Waals surface area contributed by atoms with E-state index in [9.17, 15) is 18.0 Å². The molecule has 0 spiro atoms. The van der Waals surface area contributed by atoms with Crippen LogP contribution in [0.15, 0.2) is 51.9 Å². The zero-order chi connectivity index (χ0) is 17.8. The number of halogens is 3. The Bertz CT molecular complexity index is 1180. The van der Waals surface area contributed by atoms with E-state index in [2.05, 4.69) is 10.1 Å². The van der Waals surface area contributed by atoms with Crippen LogP contribution in [0.1, 0.15) is 11.3 Å². The second-order valence-corrected chi connectivity index (χ2v) is 5.53. The summed E-state index contributed by atoms with van der Waals surface area (Å²) in [7, 11) is 0. The zero-order valence-electron chi connectivity index (χ0n) is 12.8. The average molecular weight is 345 g/mol. The number of alkyl halides is 3. The lowest BCUT2D eigenvalue weighted by atomic mass is 10.1. The summed E-state index contributed by atoms with van der Waals surface area (Å²) in [4.78, 5) is 15.8. The van der Waals surface area contributed by atoms with Crippen LogP contribution >= 0.6 is 0 Å². The minimum Gasteiger partial charge on any atom is -0.428 e. The van der Waals surface area contributed by atoms with E-state index in [-0.39, 0.29) is 16.3 Å². The number of hydrogen-bond donors (Lipinski definition) is 0. The van der Waals surface area contributed by atoms with Gasteiger partial charge in [-0.3, -0.25) is 4.98 Å². The van der Waals surface area contributed by atoms with E-state index in [0.29, 0.717) is 17.0 Å². The van der Waals surface area contributed by atoms with Gasteiger partial charge in [0.25, 0.3) is 0 Å². The number of aromatic nitrogens is 3. The number of benzene rings is 1. The molecular weight excluding hydrogens is 335 g/mol. The topological polar surface area (TPSA) is 60.9 Å². The van der Waals surface area contributed by atoms with E-state index >= 15 is 0 Å². The maximum absolute atomic E-state index is 13.2. The first-order valence-corrected chi connectivity index (χ1v) is 7.30. The molecule has 0 atom stereocenters. The highest BCUT2D eigenvalue weighted by molar-refractivity contribution is 5.91. The van der Waals surface area contributed by atoms with Gasteiger partial charge in [-0.25, -0.2) is 9.48 Å². The highest BCUT2D eigenvalue weighted by Crippen LogP contribution is 2.35. The highest BCUT2D eigenvalue weighted by Gasteiger charge is 2.33. The molecule has 0 saturated heterocycles. The number of rotatable bonds is 1. The van der Waals surface area contributed by atoms with Crippen molar-refractivity contribution in [3.8, 4) is 5.69 Å². The van der Waals surface area contributed by atoms with Gasteiger partial charge in [0.2, 0.25) is 0 Å². The Morgan fingerprint density at radius 1 is 1.16 bits per heavy atom. The van der Waals surface area contributed by atoms with Crippen LogP contribution in [0.3, 0.4) is 0 Å². The molecule has 0 fully saturated rings. The fourth-order valence-corrected chi connectivity index (χ4v) is 2.84. The molecule has 126 valence electrons. The van der Waals surface area contributed by atoms with Gasteiger partial charge in [-0.1, -0.05) is 12.1 Å². The Hall–Kier alpha value is -3.16. The summed E-state index contributed by atoms with van der Waals surface area (Å²) in [5, 5.41) is 4.69. The second kappa shape index (κ2) is 5.17. The summed E-state index contributed by atoms with van der Waals surface area (Å²) >= 11 is 0. The predicted molar refractivity (Wildman–Crippen MR) is 84.6 cm³/mol. The number of aryl methyl sites for hydroxylation is 1. The number of fused-ring (bicyclic) bond motifs is 2. The molecular formula is C17H10F3N3O2. The van der Waals surface area contributed by atoms with Crippen molar-refractivity contribution in [1.29, 1.82) is 0 Å². The number of nitrogens with zero attached hydrogens (tertiary/aromatic N) is 3. The summed E-state index contributed by atoms with van der Waals surface area (Å²) < 4.78 is 46.1. The van der Waals surface area contributed by atoms with E-state index in [1.165, 1.54) is 23.1 Å². The molecule has 3 heterocycles.